The van der Waals surface area contributed by atoms with E-state index < -0.39 is 12.1 Å². The number of imidazole rings is 1. The lowest BCUT2D eigenvalue weighted by molar-refractivity contribution is 0.0500. The summed E-state index contributed by atoms with van der Waals surface area (Å²) < 4.78 is 9.63. The second-order valence-corrected chi connectivity index (χ2v) is 4.84. The summed E-state index contributed by atoms with van der Waals surface area (Å²) in [5.41, 5.74) is 1.64. The third kappa shape index (κ3) is 5.14. The Kier molecular flexibility index (Phi) is 7.34. The minimum absolute atomic E-state index is 0. The van der Waals surface area contributed by atoms with Crippen molar-refractivity contribution in [2.75, 3.05) is 24.9 Å². The molecular formula is C15H20ClN3O4. The number of amides is 1. The Balaban J connectivity index is 0.00000264. The molecule has 2 N–H and O–H groups in total. The zero-order valence-corrected chi connectivity index (χ0v) is 12.8. The predicted octanol–water partition coefficient (Wildman–Crippen LogP) is 3.55. The first-order valence-electron chi connectivity index (χ1n) is 6.72. The fraction of sp³-hybridized carbons (Fsp3) is 0.400. The van der Waals surface area contributed by atoms with E-state index in [2.05, 4.69) is 20.0 Å². The van der Waals surface area contributed by atoms with Gasteiger partial charge in [-0.1, -0.05) is 7.43 Å². The van der Waals surface area contributed by atoms with Crippen LogP contribution in [-0.2, 0) is 9.47 Å². The molecule has 7 nitrogen and oxygen atoms in total. The van der Waals surface area contributed by atoms with E-state index in [1.165, 1.54) is 7.11 Å². The predicted molar refractivity (Wildman–Crippen MR) is 89.1 cm³/mol. The zero-order chi connectivity index (χ0) is 15.9. The Bertz CT molecular complexity index is 672. The molecule has 0 saturated heterocycles. The Morgan fingerprint density at radius 1 is 1.35 bits per heavy atom. The Labute approximate surface area is 139 Å². The maximum atomic E-state index is 11.9. The molecule has 8 heteroatoms. The monoisotopic (exact) mass is 341 g/mol. The van der Waals surface area contributed by atoms with E-state index in [0.29, 0.717) is 29.1 Å². The van der Waals surface area contributed by atoms with Gasteiger partial charge in [-0.15, -0.1) is 11.6 Å². The summed E-state index contributed by atoms with van der Waals surface area (Å²) >= 11 is 5.56. The fourth-order valence-electron chi connectivity index (χ4n) is 1.79. The van der Waals surface area contributed by atoms with Crippen molar-refractivity contribution in [3.63, 3.8) is 0 Å². The highest BCUT2D eigenvalue weighted by Crippen LogP contribution is 2.17. The summed E-state index contributed by atoms with van der Waals surface area (Å²) in [5.74, 6) is 0.385. The van der Waals surface area contributed by atoms with Gasteiger partial charge in [0, 0.05) is 5.88 Å². The number of nitrogens with zero attached hydrogens (tertiary/aromatic N) is 1. The molecule has 0 atom stereocenters. The summed E-state index contributed by atoms with van der Waals surface area (Å²) in [6, 6.07) is 4.91. The van der Waals surface area contributed by atoms with Crippen molar-refractivity contribution >= 4 is 40.6 Å². The van der Waals surface area contributed by atoms with Gasteiger partial charge in [-0.3, -0.25) is 5.32 Å². The van der Waals surface area contributed by atoms with Crippen LogP contribution < -0.4 is 5.32 Å². The summed E-state index contributed by atoms with van der Waals surface area (Å²) in [6.45, 7) is 0.335. The highest BCUT2D eigenvalue weighted by Gasteiger charge is 2.11. The van der Waals surface area contributed by atoms with Gasteiger partial charge < -0.3 is 14.5 Å². The van der Waals surface area contributed by atoms with Crippen LogP contribution in [0, 0.1) is 0 Å². The number of methoxy groups -OCH3 is 1. The molecule has 2 aromatic rings. The molecule has 0 aliphatic carbocycles. The van der Waals surface area contributed by atoms with Crippen LogP contribution >= 0.6 is 11.6 Å². The van der Waals surface area contributed by atoms with Crippen LogP contribution in [0.4, 0.5) is 10.7 Å². The van der Waals surface area contributed by atoms with E-state index in [4.69, 9.17) is 16.3 Å². The fourth-order valence-corrected chi connectivity index (χ4v) is 1.98. The number of fused-ring (bicyclic) bond motifs is 1. The third-order valence-corrected chi connectivity index (χ3v) is 3.15. The first-order valence-corrected chi connectivity index (χ1v) is 7.25. The number of benzene rings is 1. The second-order valence-electron chi connectivity index (χ2n) is 4.47. The number of carbonyl (C=O) groups excluding carboxylic acids is 2. The minimum Gasteiger partial charge on any atom is -0.462 e. The van der Waals surface area contributed by atoms with Crippen molar-refractivity contribution in [2.24, 2.45) is 0 Å². The highest BCUT2D eigenvalue weighted by atomic mass is 35.5. The van der Waals surface area contributed by atoms with Crippen LogP contribution in [0.25, 0.3) is 11.0 Å². The van der Waals surface area contributed by atoms with Crippen LogP contribution in [0.3, 0.4) is 0 Å². The average Bonchev–Trinajstić information content (AvgIpc) is 2.92. The molecule has 1 aromatic heterocycles. The zero-order valence-electron chi connectivity index (χ0n) is 12.0. The van der Waals surface area contributed by atoms with Gasteiger partial charge in [0.2, 0.25) is 5.95 Å². The Hall–Kier alpha value is -2.28. The van der Waals surface area contributed by atoms with E-state index in [1.54, 1.807) is 18.2 Å². The molecule has 0 spiro atoms. The Morgan fingerprint density at radius 3 is 2.83 bits per heavy atom. The van der Waals surface area contributed by atoms with Crippen LogP contribution in [0.15, 0.2) is 18.2 Å². The van der Waals surface area contributed by atoms with Crippen molar-refractivity contribution in [1.29, 1.82) is 0 Å². The molecule has 1 amide bonds. The standard InChI is InChI=1S/C14H16ClN3O4.CH4/c1-21-14(20)18-13-16-10-5-4-9(8-11(10)17-13)12(19)22-7-3-2-6-15;/h4-5,8H,2-3,6-7H2,1H3,(H2,16,17,18,20);1H4. The molecule has 0 aliphatic rings. The largest absolute Gasteiger partial charge is 0.462 e. The molecule has 0 saturated carbocycles. The lowest BCUT2D eigenvalue weighted by atomic mass is 10.2. The normalized spacial score (nSPS) is 10.0. The number of alkyl halides is 1. The SMILES string of the molecule is C.COC(=O)Nc1nc2ccc(C(=O)OCCCCCl)cc2[nH]1. The number of rotatable bonds is 6. The summed E-state index contributed by atoms with van der Waals surface area (Å²) in [6.07, 6.45) is 0.907. The molecule has 0 unspecified atom stereocenters. The van der Waals surface area contributed by atoms with Crippen LogP contribution in [0.1, 0.15) is 30.6 Å². The van der Waals surface area contributed by atoms with Gasteiger partial charge in [-0.05, 0) is 31.0 Å². The topological polar surface area (TPSA) is 93.3 Å². The number of unbranched alkanes of at least 4 members (excludes halogenated alkanes) is 1. The molecule has 0 bridgehead atoms. The summed E-state index contributed by atoms with van der Waals surface area (Å²) in [7, 11) is 1.26. The maximum Gasteiger partial charge on any atom is 0.413 e. The van der Waals surface area contributed by atoms with Gasteiger partial charge in [-0.2, -0.15) is 0 Å². The van der Waals surface area contributed by atoms with E-state index >= 15 is 0 Å². The minimum atomic E-state index is -0.627. The number of anilines is 1. The van der Waals surface area contributed by atoms with Gasteiger partial charge in [0.1, 0.15) is 0 Å². The molecule has 23 heavy (non-hydrogen) atoms. The van der Waals surface area contributed by atoms with E-state index in [-0.39, 0.29) is 13.4 Å². The number of hydrogen-bond donors (Lipinski definition) is 2. The number of halogens is 1. The smallest absolute Gasteiger partial charge is 0.413 e. The molecule has 126 valence electrons. The van der Waals surface area contributed by atoms with Crippen molar-refractivity contribution in [1.82, 2.24) is 9.97 Å². The van der Waals surface area contributed by atoms with Crippen LogP contribution in [0.5, 0.6) is 0 Å². The molecular weight excluding hydrogens is 322 g/mol. The third-order valence-electron chi connectivity index (χ3n) is 2.88. The number of nitrogens with one attached hydrogen (secondary N) is 2. The lowest BCUT2D eigenvalue weighted by Gasteiger charge is -2.03. The summed E-state index contributed by atoms with van der Waals surface area (Å²) in [5, 5.41) is 2.42. The molecule has 1 heterocycles. The van der Waals surface area contributed by atoms with Crippen molar-refractivity contribution in [3.8, 4) is 0 Å². The number of carbonyl (C=O) groups is 2. The van der Waals surface area contributed by atoms with E-state index in [9.17, 15) is 9.59 Å². The number of ether oxygens (including phenoxy) is 2. The van der Waals surface area contributed by atoms with E-state index in [1.807, 2.05) is 0 Å². The number of esters is 1. The van der Waals surface area contributed by atoms with Gasteiger partial charge in [0.05, 0.1) is 30.3 Å². The van der Waals surface area contributed by atoms with Crippen LogP contribution in [0.2, 0.25) is 0 Å². The molecule has 1 aromatic carbocycles. The number of hydrogen-bond acceptors (Lipinski definition) is 5. The first-order chi connectivity index (χ1) is 10.6. The van der Waals surface area contributed by atoms with E-state index in [0.717, 1.165) is 12.8 Å². The quantitative estimate of drug-likeness (QED) is 0.476. The molecule has 0 aliphatic heterocycles. The van der Waals surface area contributed by atoms with Crippen molar-refractivity contribution < 1.29 is 19.1 Å². The lowest BCUT2D eigenvalue weighted by Crippen LogP contribution is -2.11. The Morgan fingerprint density at radius 2 is 2.13 bits per heavy atom. The number of aromatic nitrogens is 2. The van der Waals surface area contributed by atoms with Gasteiger partial charge >= 0.3 is 12.1 Å². The summed E-state index contributed by atoms with van der Waals surface area (Å²) in [4.78, 5) is 30.1. The van der Waals surface area contributed by atoms with Gasteiger partial charge in [0.25, 0.3) is 0 Å². The van der Waals surface area contributed by atoms with Crippen molar-refractivity contribution in [3.05, 3.63) is 23.8 Å². The first kappa shape index (κ1) is 18.8. The number of H-pyrrole nitrogens is 1. The maximum absolute atomic E-state index is 11.9. The van der Waals surface area contributed by atoms with Gasteiger partial charge in [-0.25, -0.2) is 14.6 Å². The van der Waals surface area contributed by atoms with Crippen molar-refractivity contribution in [2.45, 2.75) is 20.3 Å². The molecule has 2 rings (SSSR count). The average molecular weight is 342 g/mol. The number of aromatic amines is 1. The molecule has 0 radical (unpaired) electrons. The van der Waals surface area contributed by atoms with Gasteiger partial charge in [0.15, 0.2) is 0 Å². The molecule has 0 fully saturated rings. The van der Waals surface area contributed by atoms with Crippen LogP contribution in [-0.4, -0.2) is 41.6 Å². The highest BCUT2D eigenvalue weighted by molar-refractivity contribution is 6.17. The second kappa shape index (κ2) is 8.99.